The molecule has 0 saturated heterocycles. The van der Waals surface area contributed by atoms with Gasteiger partial charge >= 0.3 is 0 Å². The molecule has 0 unspecified atom stereocenters. The van der Waals surface area contributed by atoms with Crippen molar-refractivity contribution in [3.8, 4) is 39.6 Å². The Morgan fingerprint density at radius 3 is 2.42 bits per heavy atom. The average Bonchev–Trinajstić information content (AvgIpc) is 3.60. The van der Waals surface area contributed by atoms with Crippen LogP contribution in [0, 0.1) is 6.92 Å². The number of benzene rings is 4. The lowest BCUT2D eigenvalue weighted by Crippen LogP contribution is -2.12. The van der Waals surface area contributed by atoms with Gasteiger partial charge in [0.2, 0.25) is 12.7 Å². The third-order valence-corrected chi connectivity index (χ3v) is 6.57. The zero-order valence-electron chi connectivity index (χ0n) is 21.1. The number of rotatable bonds is 9. The highest BCUT2D eigenvalue weighted by atomic mass is 16.7. The monoisotopic (exact) mass is 504 g/mol. The third kappa shape index (κ3) is 5.12. The Morgan fingerprint density at radius 1 is 0.789 bits per heavy atom. The van der Waals surface area contributed by atoms with Crippen LogP contribution in [0.4, 0.5) is 0 Å². The van der Waals surface area contributed by atoms with E-state index in [-0.39, 0.29) is 13.4 Å². The van der Waals surface area contributed by atoms with Crippen LogP contribution in [0.1, 0.15) is 22.8 Å². The summed E-state index contributed by atoms with van der Waals surface area (Å²) in [5.74, 6) is 3.63. The largest absolute Gasteiger partial charge is 0.484 e. The smallest absolute Gasteiger partial charge is 0.233 e. The summed E-state index contributed by atoms with van der Waals surface area (Å²) < 4.78 is 23.4. The number of fused-ring (bicyclic) bond motifs is 1. The van der Waals surface area contributed by atoms with E-state index >= 15 is 0 Å². The average molecular weight is 505 g/mol. The van der Waals surface area contributed by atoms with Gasteiger partial charge in [-0.3, -0.25) is 0 Å². The number of nitrogens with one attached hydrogen (secondary N) is 1. The van der Waals surface area contributed by atoms with Gasteiger partial charge in [0.25, 0.3) is 0 Å². The quantitative estimate of drug-likeness (QED) is 0.235. The van der Waals surface area contributed by atoms with Crippen LogP contribution >= 0.6 is 0 Å². The van der Waals surface area contributed by atoms with Crippen molar-refractivity contribution in [2.45, 2.75) is 26.6 Å². The highest BCUT2D eigenvalue weighted by Crippen LogP contribution is 2.38. The van der Waals surface area contributed by atoms with Crippen molar-refractivity contribution in [3.63, 3.8) is 0 Å². The first-order chi connectivity index (χ1) is 18.7. The van der Waals surface area contributed by atoms with Crippen molar-refractivity contribution in [1.82, 2.24) is 10.3 Å². The lowest BCUT2D eigenvalue weighted by molar-refractivity contribution is 0.174. The lowest BCUT2D eigenvalue weighted by Gasteiger charge is -2.12. The first-order valence-electron chi connectivity index (χ1n) is 12.7. The Kier molecular flexibility index (Phi) is 6.79. The maximum absolute atomic E-state index is 6.22. The summed E-state index contributed by atoms with van der Waals surface area (Å²) in [5, 5.41) is 3.47. The molecule has 38 heavy (non-hydrogen) atoms. The summed E-state index contributed by atoms with van der Waals surface area (Å²) in [6.07, 6.45) is 0. The molecule has 0 bridgehead atoms. The molecule has 1 aromatic heterocycles. The van der Waals surface area contributed by atoms with E-state index in [1.807, 2.05) is 78.9 Å². The molecular weight excluding hydrogens is 476 g/mol. The van der Waals surface area contributed by atoms with E-state index in [4.69, 9.17) is 23.6 Å². The van der Waals surface area contributed by atoms with Crippen LogP contribution < -0.4 is 19.5 Å². The second-order valence-corrected chi connectivity index (χ2v) is 9.12. The molecule has 0 aliphatic carbocycles. The molecule has 0 fully saturated rings. The van der Waals surface area contributed by atoms with Crippen LogP contribution in [0.2, 0.25) is 0 Å². The molecule has 6 nitrogen and oxygen atoms in total. The molecule has 5 aromatic rings. The fraction of sp³-hybridized carbons (Fsp3) is 0.156. The molecule has 0 radical (unpaired) electrons. The summed E-state index contributed by atoms with van der Waals surface area (Å²) in [6.45, 7) is 3.84. The van der Waals surface area contributed by atoms with Gasteiger partial charge in [0.05, 0.1) is 6.54 Å². The fourth-order valence-electron chi connectivity index (χ4n) is 4.61. The molecule has 190 valence electrons. The summed E-state index contributed by atoms with van der Waals surface area (Å²) in [5.41, 5.74) is 6.21. The second kappa shape index (κ2) is 10.8. The van der Waals surface area contributed by atoms with Crippen molar-refractivity contribution >= 4 is 0 Å². The van der Waals surface area contributed by atoms with Gasteiger partial charge in [-0.15, -0.1) is 0 Å². The van der Waals surface area contributed by atoms with E-state index in [1.54, 1.807) is 0 Å². The van der Waals surface area contributed by atoms with Crippen LogP contribution in [0.5, 0.6) is 17.2 Å². The molecule has 0 spiro atoms. The summed E-state index contributed by atoms with van der Waals surface area (Å²) in [7, 11) is 0. The number of aromatic nitrogens is 1. The number of hydrogen-bond acceptors (Lipinski definition) is 6. The van der Waals surface area contributed by atoms with E-state index in [9.17, 15) is 0 Å². The highest BCUT2D eigenvalue weighted by molar-refractivity contribution is 5.72. The summed E-state index contributed by atoms with van der Waals surface area (Å²) in [6, 6.07) is 32.4. The van der Waals surface area contributed by atoms with Crippen LogP contribution in [0.25, 0.3) is 22.4 Å². The Balaban J connectivity index is 1.20. The Hall–Kier alpha value is -4.55. The second-order valence-electron chi connectivity index (χ2n) is 9.12. The van der Waals surface area contributed by atoms with Crippen molar-refractivity contribution in [2.24, 2.45) is 0 Å². The molecule has 1 aliphatic heterocycles. The van der Waals surface area contributed by atoms with E-state index in [0.717, 1.165) is 57.5 Å². The van der Waals surface area contributed by atoms with Crippen LogP contribution in [-0.2, 0) is 19.7 Å². The summed E-state index contributed by atoms with van der Waals surface area (Å²) >= 11 is 0. The van der Waals surface area contributed by atoms with Gasteiger partial charge in [0.15, 0.2) is 18.1 Å². The molecule has 4 aromatic carbocycles. The maximum Gasteiger partial charge on any atom is 0.233 e. The minimum atomic E-state index is 0.226. The van der Waals surface area contributed by atoms with Crippen molar-refractivity contribution in [2.75, 3.05) is 6.79 Å². The molecule has 1 N–H and O–H groups in total. The first kappa shape index (κ1) is 23.8. The number of ether oxygens (including phenoxy) is 3. The number of hydrogen-bond donors (Lipinski definition) is 1. The van der Waals surface area contributed by atoms with Crippen LogP contribution in [-0.4, -0.2) is 11.8 Å². The Morgan fingerprint density at radius 2 is 1.58 bits per heavy atom. The number of nitrogens with zero attached hydrogens (tertiary/aromatic N) is 1. The minimum Gasteiger partial charge on any atom is -0.484 e. The fourth-order valence-corrected chi connectivity index (χ4v) is 4.61. The Labute approximate surface area is 221 Å². The van der Waals surface area contributed by atoms with Gasteiger partial charge in [-0.05, 0) is 47.4 Å². The molecule has 0 saturated carbocycles. The van der Waals surface area contributed by atoms with Gasteiger partial charge < -0.3 is 23.9 Å². The van der Waals surface area contributed by atoms with E-state index < -0.39 is 0 Å². The molecular formula is C32H28N2O4. The standard InChI is InChI=1S/C32H28N2O4/c1-22-26(25-15-16-28-29(17-25)37-21-36-28)13-8-14-27(22)35-20-31-34-32(24-11-6-3-7-12-24)30(38-31)19-33-18-23-9-4-2-5-10-23/h2-17,33H,18-21H2,1H3. The van der Waals surface area contributed by atoms with Gasteiger partial charge in [-0.2, -0.15) is 0 Å². The molecule has 2 heterocycles. The zero-order chi connectivity index (χ0) is 25.7. The first-order valence-corrected chi connectivity index (χ1v) is 12.7. The highest BCUT2D eigenvalue weighted by Gasteiger charge is 2.18. The lowest BCUT2D eigenvalue weighted by atomic mass is 9.99. The minimum absolute atomic E-state index is 0.226. The molecule has 0 amide bonds. The molecule has 0 atom stereocenters. The Bertz CT molecular complexity index is 1530. The maximum atomic E-state index is 6.22. The normalized spacial score (nSPS) is 12.0. The molecule has 6 heteroatoms. The van der Waals surface area contributed by atoms with Crippen molar-refractivity contribution < 1.29 is 18.6 Å². The molecule has 1 aliphatic rings. The van der Waals surface area contributed by atoms with Crippen molar-refractivity contribution in [1.29, 1.82) is 0 Å². The van der Waals surface area contributed by atoms with Gasteiger partial charge in [0.1, 0.15) is 17.2 Å². The predicted octanol–water partition coefficient (Wildman–Crippen LogP) is 6.91. The number of oxazole rings is 1. The zero-order valence-corrected chi connectivity index (χ0v) is 21.1. The van der Waals surface area contributed by atoms with Gasteiger partial charge in [0, 0.05) is 12.1 Å². The molecule has 6 rings (SSSR count). The van der Waals surface area contributed by atoms with E-state index in [1.165, 1.54) is 5.56 Å². The van der Waals surface area contributed by atoms with Crippen LogP contribution in [0.15, 0.2) is 101 Å². The summed E-state index contributed by atoms with van der Waals surface area (Å²) in [4.78, 5) is 4.81. The van der Waals surface area contributed by atoms with Gasteiger partial charge in [-0.25, -0.2) is 4.98 Å². The van der Waals surface area contributed by atoms with Crippen molar-refractivity contribution in [3.05, 3.63) is 120 Å². The van der Waals surface area contributed by atoms with Crippen LogP contribution in [0.3, 0.4) is 0 Å². The third-order valence-electron chi connectivity index (χ3n) is 6.57. The van der Waals surface area contributed by atoms with E-state index in [2.05, 4.69) is 30.4 Å². The SMILES string of the molecule is Cc1c(OCc2nc(-c3ccccc3)c(CNCc3ccccc3)o2)cccc1-c1ccc2c(c1)OCO2. The van der Waals surface area contributed by atoms with E-state index in [0.29, 0.717) is 12.4 Å². The predicted molar refractivity (Wildman–Crippen MR) is 146 cm³/mol. The topological polar surface area (TPSA) is 65.8 Å². The van der Waals surface area contributed by atoms with Gasteiger partial charge in [-0.1, -0.05) is 78.9 Å².